The third-order valence-corrected chi connectivity index (χ3v) is 6.05. The van der Waals surface area contributed by atoms with Gasteiger partial charge in [0.15, 0.2) is 0 Å². The van der Waals surface area contributed by atoms with Crippen molar-refractivity contribution < 1.29 is 10.0 Å². The van der Waals surface area contributed by atoms with Gasteiger partial charge in [-0.2, -0.15) is 0 Å². The van der Waals surface area contributed by atoms with Crippen LogP contribution in [0.3, 0.4) is 0 Å². The second-order valence-corrected chi connectivity index (χ2v) is 8.66. The Bertz CT molecular complexity index is 1220. The largest absolute Gasteiger partial charge is 0.363 e. The van der Waals surface area contributed by atoms with Gasteiger partial charge in [-0.15, -0.1) is 0 Å². The molecular formula is C27H32N6O2. The monoisotopic (exact) mass is 472 g/mol. The topological polar surface area (TPSA) is 115 Å². The third kappa shape index (κ3) is 6.65. The summed E-state index contributed by atoms with van der Waals surface area (Å²) in [6, 6.07) is 21.0. The first-order valence-corrected chi connectivity index (χ1v) is 12.0. The molecule has 1 atom stereocenters. The highest BCUT2D eigenvalue weighted by molar-refractivity contribution is 5.91. The van der Waals surface area contributed by atoms with Gasteiger partial charge in [-0.05, 0) is 49.1 Å². The summed E-state index contributed by atoms with van der Waals surface area (Å²) in [5.41, 5.74) is 6.98. The van der Waals surface area contributed by atoms with Gasteiger partial charge >= 0.3 is 0 Å². The Balaban J connectivity index is 1.33. The van der Waals surface area contributed by atoms with Crippen molar-refractivity contribution in [2.45, 2.75) is 45.2 Å². The molecule has 8 nitrogen and oxygen atoms in total. The first-order valence-electron chi connectivity index (χ1n) is 12.0. The third-order valence-electron chi connectivity index (χ3n) is 6.05. The second kappa shape index (κ2) is 12.1. The Morgan fingerprint density at radius 3 is 2.60 bits per heavy atom. The number of hydroxylamine groups is 1. The minimum absolute atomic E-state index is 0.125. The van der Waals surface area contributed by atoms with E-state index in [2.05, 4.69) is 75.0 Å². The first-order chi connectivity index (χ1) is 17.1. The lowest BCUT2D eigenvalue weighted by Crippen LogP contribution is -2.18. The molecule has 0 saturated heterocycles. The van der Waals surface area contributed by atoms with Crippen molar-refractivity contribution in [3.8, 4) is 11.3 Å². The number of nitrogens with one attached hydrogen (secondary N) is 4. The quantitative estimate of drug-likeness (QED) is 0.113. The molecule has 0 saturated carbocycles. The average molecular weight is 473 g/mol. The minimum atomic E-state index is -0.325. The number of benzene rings is 2. The summed E-state index contributed by atoms with van der Waals surface area (Å²) in [5, 5.41) is 16.4. The van der Waals surface area contributed by atoms with Crippen molar-refractivity contribution >= 4 is 22.8 Å². The second-order valence-electron chi connectivity index (χ2n) is 8.66. The van der Waals surface area contributed by atoms with Gasteiger partial charge in [0.05, 0.1) is 5.39 Å². The number of rotatable bonds is 12. The molecule has 0 aliphatic rings. The average Bonchev–Trinajstić information content (AvgIpc) is 3.34. The lowest BCUT2D eigenvalue weighted by molar-refractivity contribution is -0.129. The fourth-order valence-electron chi connectivity index (χ4n) is 4.04. The van der Waals surface area contributed by atoms with Gasteiger partial charge in [-0.1, -0.05) is 61.0 Å². The molecule has 1 unspecified atom stereocenters. The van der Waals surface area contributed by atoms with Crippen LogP contribution in [0.2, 0.25) is 0 Å². The van der Waals surface area contributed by atoms with Crippen LogP contribution in [0.15, 0.2) is 67.0 Å². The summed E-state index contributed by atoms with van der Waals surface area (Å²) in [7, 11) is 0. The van der Waals surface area contributed by atoms with Gasteiger partial charge in [0, 0.05) is 24.7 Å². The van der Waals surface area contributed by atoms with Gasteiger partial charge < -0.3 is 15.6 Å². The summed E-state index contributed by atoms with van der Waals surface area (Å²) < 4.78 is 0. The zero-order chi connectivity index (χ0) is 24.5. The Hall–Kier alpha value is -3.75. The smallest absolute Gasteiger partial charge is 0.243 e. The van der Waals surface area contributed by atoms with Crippen molar-refractivity contribution in [2.75, 3.05) is 11.9 Å². The number of unbranched alkanes of at least 4 members (excludes halogenated alkanes) is 2. The number of amides is 1. The van der Waals surface area contributed by atoms with Gasteiger partial charge in [0.1, 0.15) is 17.8 Å². The van der Waals surface area contributed by atoms with Crippen molar-refractivity contribution in [2.24, 2.45) is 0 Å². The molecule has 0 bridgehead atoms. The summed E-state index contributed by atoms with van der Waals surface area (Å²) in [6.07, 6.45) is 4.66. The van der Waals surface area contributed by atoms with Gasteiger partial charge in [0.25, 0.3) is 0 Å². The van der Waals surface area contributed by atoms with Crippen LogP contribution in [-0.2, 0) is 11.3 Å². The molecule has 2 aromatic carbocycles. The molecule has 5 N–H and O–H groups in total. The molecular weight excluding hydrogens is 440 g/mol. The minimum Gasteiger partial charge on any atom is -0.363 e. The summed E-state index contributed by atoms with van der Waals surface area (Å²) in [6.45, 7) is 3.81. The van der Waals surface area contributed by atoms with Crippen molar-refractivity contribution in [3.05, 3.63) is 78.1 Å². The normalized spacial score (nSPS) is 11.9. The fraction of sp³-hybridized carbons (Fsp3) is 0.296. The van der Waals surface area contributed by atoms with E-state index in [9.17, 15) is 4.79 Å². The molecule has 2 heterocycles. The van der Waals surface area contributed by atoms with Crippen molar-refractivity contribution in [1.82, 2.24) is 25.7 Å². The molecule has 0 radical (unpaired) electrons. The van der Waals surface area contributed by atoms with Gasteiger partial charge in [-0.25, -0.2) is 15.4 Å². The Morgan fingerprint density at radius 2 is 1.83 bits per heavy atom. The molecule has 0 spiro atoms. The predicted octanol–water partition coefficient (Wildman–Crippen LogP) is 4.95. The van der Waals surface area contributed by atoms with Crippen molar-refractivity contribution in [1.29, 1.82) is 0 Å². The number of fused-ring (bicyclic) bond motifs is 1. The molecule has 0 aliphatic heterocycles. The summed E-state index contributed by atoms with van der Waals surface area (Å²) in [4.78, 5) is 23.3. The number of hydrogen-bond acceptors (Lipinski definition) is 6. The van der Waals surface area contributed by atoms with Crippen LogP contribution in [0.4, 0.5) is 5.82 Å². The van der Waals surface area contributed by atoms with Crippen LogP contribution in [-0.4, -0.2) is 32.6 Å². The van der Waals surface area contributed by atoms with Crippen molar-refractivity contribution in [3.63, 3.8) is 0 Å². The Labute approximate surface area is 205 Å². The van der Waals surface area contributed by atoms with E-state index in [1.54, 1.807) is 11.8 Å². The highest BCUT2D eigenvalue weighted by atomic mass is 16.5. The number of carbonyl (C=O) groups is 1. The highest BCUT2D eigenvalue weighted by Gasteiger charge is 2.12. The molecule has 1 amide bonds. The summed E-state index contributed by atoms with van der Waals surface area (Å²) >= 11 is 0. The number of H-pyrrole nitrogens is 1. The van der Waals surface area contributed by atoms with Crippen LogP contribution in [0.1, 0.15) is 49.8 Å². The molecule has 4 rings (SSSR count). The zero-order valence-electron chi connectivity index (χ0n) is 19.9. The maximum Gasteiger partial charge on any atom is 0.243 e. The number of nitrogens with zero attached hydrogens (tertiary/aromatic N) is 2. The lowest BCUT2D eigenvalue weighted by Gasteiger charge is -2.15. The molecule has 35 heavy (non-hydrogen) atoms. The Kier molecular flexibility index (Phi) is 8.43. The first kappa shape index (κ1) is 24.4. The number of carbonyl (C=O) groups excluding carboxylic acids is 1. The molecule has 0 aliphatic carbocycles. The molecule has 8 heteroatoms. The zero-order valence-corrected chi connectivity index (χ0v) is 19.9. The van der Waals surface area contributed by atoms with E-state index in [1.165, 1.54) is 11.1 Å². The fourth-order valence-corrected chi connectivity index (χ4v) is 4.04. The van der Waals surface area contributed by atoms with Crippen LogP contribution < -0.4 is 16.1 Å². The summed E-state index contributed by atoms with van der Waals surface area (Å²) in [5.74, 6) is 0.487. The number of aromatic amines is 1. The highest BCUT2D eigenvalue weighted by Crippen LogP contribution is 2.29. The van der Waals surface area contributed by atoms with E-state index in [-0.39, 0.29) is 11.9 Å². The molecule has 0 fully saturated rings. The Morgan fingerprint density at radius 1 is 1.03 bits per heavy atom. The van der Waals surface area contributed by atoms with Gasteiger partial charge in [-0.3, -0.25) is 10.0 Å². The maximum atomic E-state index is 11.0. The number of anilines is 1. The lowest BCUT2D eigenvalue weighted by atomic mass is 10.1. The van der Waals surface area contributed by atoms with E-state index >= 15 is 0 Å². The molecule has 182 valence electrons. The predicted molar refractivity (Wildman–Crippen MR) is 138 cm³/mol. The van der Waals surface area contributed by atoms with Crippen LogP contribution in [0.5, 0.6) is 0 Å². The number of aromatic nitrogens is 3. The van der Waals surface area contributed by atoms with E-state index in [4.69, 9.17) is 5.21 Å². The SMILES string of the molecule is CC(Nc1ncnc2[nH]c(-c3ccc(CNCCCCCC(=O)NO)cc3)cc12)c1ccccc1. The molecule has 4 aromatic rings. The van der Waals surface area contributed by atoms with E-state index in [1.807, 2.05) is 18.2 Å². The maximum absolute atomic E-state index is 11.0. The van der Waals surface area contributed by atoms with Crippen LogP contribution in [0.25, 0.3) is 22.3 Å². The number of hydrogen-bond donors (Lipinski definition) is 5. The van der Waals surface area contributed by atoms with E-state index in [0.717, 1.165) is 60.5 Å². The molecule has 2 aromatic heterocycles. The van der Waals surface area contributed by atoms with Crippen LogP contribution in [0, 0.1) is 0 Å². The van der Waals surface area contributed by atoms with E-state index < -0.39 is 0 Å². The van der Waals surface area contributed by atoms with Crippen LogP contribution >= 0.6 is 0 Å². The standard InChI is InChI=1S/C27H32N6O2/c1-19(21-8-4-2-5-9-21)31-26-23-16-24(32-27(23)30-18-29-26)22-13-11-20(12-14-22)17-28-15-7-3-6-10-25(34)33-35/h2,4-5,8-9,11-14,16,18-19,28,35H,3,6-7,10,15,17H2,1H3,(H,33,34)(H2,29,30,31,32). The van der Waals surface area contributed by atoms with Gasteiger partial charge in [0.2, 0.25) is 5.91 Å². The van der Waals surface area contributed by atoms with E-state index in [0.29, 0.717) is 6.42 Å².